The Morgan fingerprint density at radius 3 is 3.04 bits per heavy atom. The molecule has 3 heterocycles. The minimum Gasteiger partial charge on any atom is -0.356 e. The third-order valence-corrected chi connectivity index (χ3v) is 5.92. The van der Waals surface area contributed by atoms with Crippen LogP contribution in [0.15, 0.2) is 29.1 Å². The highest BCUT2D eigenvalue weighted by Gasteiger charge is 2.27. The Balaban J connectivity index is 1.35. The largest absolute Gasteiger partial charge is 0.356 e. The predicted octanol–water partition coefficient (Wildman–Crippen LogP) is 2.81. The summed E-state index contributed by atoms with van der Waals surface area (Å²) in [6, 6.07) is 4.65. The van der Waals surface area contributed by atoms with Crippen LogP contribution in [0.4, 0.5) is 0 Å². The van der Waals surface area contributed by atoms with Gasteiger partial charge in [-0.3, -0.25) is 14.4 Å². The van der Waals surface area contributed by atoms with Crippen LogP contribution < -0.4 is 5.32 Å². The van der Waals surface area contributed by atoms with Crippen molar-refractivity contribution < 1.29 is 4.79 Å². The van der Waals surface area contributed by atoms with E-state index in [-0.39, 0.29) is 11.8 Å². The van der Waals surface area contributed by atoms with E-state index in [1.165, 1.54) is 17.7 Å². The lowest BCUT2D eigenvalue weighted by Gasteiger charge is -2.34. The minimum atomic E-state index is 0.243. The number of nitrogens with zero attached hydrogens (tertiary/aromatic N) is 3. The summed E-state index contributed by atoms with van der Waals surface area (Å²) in [4.78, 5) is 14.5. The molecule has 6 heteroatoms. The van der Waals surface area contributed by atoms with Gasteiger partial charge in [0.05, 0.1) is 11.7 Å². The van der Waals surface area contributed by atoms with Gasteiger partial charge in [-0.2, -0.15) is 16.4 Å². The predicted molar refractivity (Wildman–Crippen MR) is 94.7 cm³/mol. The second kappa shape index (κ2) is 7.07. The van der Waals surface area contributed by atoms with Crippen LogP contribution >= 0.6 is 11.3 Å². The number of amides is 1. The molecule has 1 saturated carbocycles. The van der Waals surface area contributed by atoms with Crippen LogP contribution in [-0.2, 0) is 17.9 Å². The van der Waals surface area contributed by atoms with Crippen molar-refractivity contribution >= 4 is 17.2 Å². The first-order valence-corrected chi connectivity index (χ1v) is 9.77. The van der Waals surface area contributed by atoms with Gasteiger partial charge in [-0.25, -0.2) is 0 Å². The quantitative estimate of drug-likeness (QED) is 0.877. The van der Waals surface area contributed by atoms with Crippen molar-refractivity contribution in [2.45, 2.75) is 44.8 Å². The van der Waals surface area contributed by atoms with E-state index in [1.54, 1.807) is 11.3 Å². The fourth-order valence-corrected chi connectivity index (χ4v) is 4.28. The molecule has 2 aliphatic rings. The molecule has 1 amide bonds. The third kappa shape index (κ3) is 3.39. The number of carbonyl (C=O) groups is 1. The van der Waals surface area contributed by atoms with Gasteiger partial charge in [-0.15, -0.1) is 0 Å². The summed E-state index contributed by atoms with van der Waals surface area (Å²) in [5.41, 5.74) is 2.65. The van der Waals surface area contributed by atoms with E-state index in [0.29, 0.717) is 6.04 Å². The molecule has 1 atom stereocenters. The van der Waals surface area contributed by atoms with Gasteiger partial charge in [0.25, 0.3) is 0 Å². The van der Waals surface area contributed by atoms with Gasteiger partial charge in [0, 0.05) is 38.3 Å². The average molecular weight is 344 g/mol. The van der Waals surface area contributed by atoms with Crippen molar-refractivity contribution in [3.8, 4) is 0 Å². The first kappa shape index (κ1) is 15.8. The maximum absolute atomic E-state index is 12.0. The SMILES string of the molecule is O=C(NCCC1CN(Cc2ccsc2)Cc2ccnn21)C1CCC1. The first-order valence-electron chi connectivity index (χ1n) is 8.83. The Hall–Kier alpha value is -1.66. The summed E-state index contributed by atoms with van der Waals surface area (Å²) in [6.07, 6.45) is 6.16. The average Bonchev–Trinajstić information content (AvgIpc) is 3.16. The zero-order valence-corrected chi connectivity index (χ0v) is 14.7. The third-order valence-electron chi connectivity index (χ3n) is 5.19. The summed E-state index contributed by atoms with van der Waals surface area (Å²) < 4.78 is 2.15. The number of hydrogen-bond donors (Lipinski definition) is 1. The first-order chi connectivity index (χ1) is 11.8. The van der Waals surface area contributed by atoms with Gasteiger partial charge in [0.2, 0.25) is 5.91 Å². The van der Waals surface area contributed by atoms with E-state index in [1.807, 2.05) is 6.20 Å². The molecule has 1 fully saturated rings. The second-order valence-corrected chi connectivity index (χ2v) is 7.71. The number of nitrogens with one attached hydrogen (secondary N) is 1. The molecule has 0 saturated heterocycles. The van der Waals surface area contributed by atoms with Crippen LogP contribution in [0.3, 0.4) is 0 Å². The van der Waals surface area contributed by atoms with Crippen LogP contribution in [0.1, 0.15) is 43.0 Å². The van der Waals surface area contributed by atoms with E-state index >= 15 is 0 Å². The Kier molecular flexibility index (Phi) is 4.67. The molecular formula is C18H24N4OS. The highest BCUT2D eigenvalue weighted by Crippen LogP contribution is 2.27. The smallest absolute Gasteiger partial charge is 0.223 e. The lowest BCUT2D eigenvalue weighted by Crippen LogP contribution is -2.40. The maximum atomic E-state index is 12.0. The van der Waals surface area contributed by atoms with Gasteiger partial charge in [-0.1, -0.05) is 6.42 Å². The van der Waals surface area contributed by atoms with Gasteiger partial charge in [-0.05, 0) is 47.7 Å². The Morgan fingerprint density at radius 2 is 2.29 bits per heavy atom. The van der Waals surface area contributed by atoms with E-state index in [2.05, 4.69) is 42.9 Å². The van der Waals surface area contributed by atoms with E-state index in [4.69, 9.17) is 0 Å². The zero-order valence-electron chi connectivity index (χ0n) is 13.9. The Morgan fingerprint density at radius 1 is 1.38 bits per heavy atom. The summed E-state index contributed by atoms with van der Waals surface area (Å²) in [5.74, 6) is 0.514. The Labute approximate surface area is 146 Å². The van der Waals surface area contributed by atoms with Crippen LogP contribution in [0.2, 0.25) is 0 Å². The number of rotatable bonds is 6. The van der Waals surface area contributed by atoms with E-state index in [9.17, 15) is 4.79 Å². The number of hydrogen-bond acceptors (Lipinski definition) is 4. The fourth-order valence-electron chi connectivity index (χ4n) is 3.62. The molecule has 2 aromatic heterocycles. The molecule has 0 aromatic carbocycles. The van der Waals surface area contributed by atoms with Crippen molar-refractivity contribution in [2.75, 3.05) is 13.1 Å². The number of fused-ring (bicyclic) bond motifs is 1. The molecule has 1 unspecified atom stereocenters. The molecule has 1 aliphatic heterocycles. The molecule has 24 heavy (non-hydrogen) atoms. The topological polar surface area (TPSA) is 50.2 Å². The van der Waals surface area contributed by atoms with Gasteiger partial charge >= 0.3 is 0 Å². The number of carbonyl (C=O) groups excluding carboxylic acids is 1. The molecule has 1 aliphatic carbocycles. The van der Waals surface area contributed by atoms with Crippen LogP contribution in [0.25, 0.3) is 0 Å². The van der Waals surface area contributed by atoms with Gasteiger partial charge in [0.15, 0.2) is 0 Å². The highest BCUT2D eigenvalue weighted by atomic mass is 32.1. The normalized spacial score (nSPS) is 21.2. The van der Waals surface area contributed by atoms with Crippen molar-refractivity contribution in [3.05, 3.63) is 40.3 Å². The molecule has 1 N–H and O–H groups in total. The van der Waals surface area contributed by atoms with Gasteiger partial charge in [0.1, 0.15) is 0 Å². The van der Waals surface area contributed by atoms with Crippen molar-refractivity contribution in [3.63, 3.8) is 0 Å². The number of thiophene rings is 1. The molecule has 0 radical (unpaired) electrons. The van der Waals surface area contributed by atoms with Crippen LogP contribution in [-0.4, -0.2) is 33.7 Å². The molecule has 0 spiro atoms. The zero-order chi connectivity index (χ0) is 16.4. The van der Waals surface area contributed by atoms with E-state index < -0.39 is 0 Å². The summed E-state index contributed by atoms with van der Waals surface area (Å²) in [5, 5.41) is 12.0. The molecule has 0 bridgehead atoms. The molecule has 5 nitrogen and oxygen atoms in total. The van der Waals surface area contributed by atoms with Crippen LogP contribution in [0.5, 0.6) is 0 Å². The summed E-state index contributed by atoms with van der Waals surface area (Å²) in [6.45, 7) is 3.66. The molecule has 128 valence electrons. The molecule has 2 aromatic rings. The fraction of sp³-hybridized carbons (Fsp3) is 0.556. The number of aromatic nitrogens is 2. The monoisotopic (exact) mass is 344 g/mol. The van der Waals surface area contributed by atoms with Crippen molar-refractivity contribution in [2.24, 2.45) is 5.92 Å². The molecular weight excluding hydrogens is 320 g/mol. The maximum Gasteiger partial charge on any atom is 0.223 e. The van der Waals surface area contributed by atoms with Crippen molar-refractivity contribution in [1.29, 1.82) is 0 Å². The standard InChI is InChI=1S/C18H24N4OS/c23-18(15-2-1-3-15)19-7-4-16-11-21(10-14-6-9-24-13-14)12-17-5-8-20-22(16)17/h5-6,8-9,13,15-16H,1-4,7,10-12H2,(H,19,23). The summed E-state index contributed by atoms with van der Waals surface area (Å²) >= 11 is 1.75. The molecule has 4 rings (SSSR count). The van der Waals surface area contributed by atoms with E-state index in [0.717, 1.165) is 45.4 Å². The van der Waals surface area contributed by atoms with Crippen LogP contribution in [0, 0.1) is 5.92 Å². The lowest BCUT2D eigenvalue weighted by atomic mass is 9.85. The van der Waals surface area contributed by atoms with Crippen molar-refractivity contribution in [1.82, 2.24) is 20.0 Å². The highest BCUT2D eigenvalue weighted by molar-refractivity contribution is 7.07. The Bertz CT molecular complexity index is 677. The second-order valence-electron chi connectivity index (χ2n) is 6.93. The lowest BCUT2D eigenvalue weighted by molar-refractivity contribution is -0.127. The summed E-state index contributed by atoms with van der Waals surface area (Å²) in [7, 11) is 0. The van der Waals surface area contributed by atoms with Gasteiger partial charge < -0.3 is 5.32 Å². The minimum absolute atomic E-state index is 0.243.